The monoisotopic (exact) mass is 776 g/mol. The molecule has 1 aliphatic heterocycles. The Labute approximate surface area is 316 Å². The fourth-order valence-electron chi connectivity index (χ4n) is 8.93. The van der Waals surface area contributed by atoms with E-state index in [2.05, 4.69) is 67.7 Å². The second-order valence-electron chi connectivity index (χ2n) is 18.8. The normalized spacial score (nSPS) is 29.3. The Kier molecular flexibility index (Phi) is 10.6. The molecule has 5 rings (SSSR count). The van der Waals surface area contributed by atoms with E-state index in [0.717, 1.165) is 11.1 Å². The molecule has 3 fully saturated rings. The van der Waals surface area contributed by atoms with Crippen molar-refractivity contribution in [1.82, 2.24) is 0 Å². The van der Waals surface area contributed by atoms with Crippen LogP contribution >= 0.6 is 0 Å². The number of methoxy groups -OCH3 is 4. The lowest BCUT2D eigenvalue weighted by Gasteiger charge is -2.51. The highest BCUT2D eigenvalue weighted by atomic mass is 28.4. The molecule has 1 heterocycles. The molecule has 0 aromatic rings. The van der Waals surface area contributed by atoms with Gasteiger partial charge in [-0.1, -0.05) is 41.5 Å². The van der Waals surface area contributed by atoms with Crippen molar-refractivity contribution >= 4 is 46.3 Å². The Morgan fingerprint density at radius 2 is 0.906 bits per heavy atom. The van der Waals surface area contributed by atoms with Gasteiger partial charge in [-0.05, 0) is 84.9 Å². The summed E-state index contributed by atoms with van der Waals surface area (Å²) in [4.78, 5) is 69.4. The molecule has 1 saturated heterocycles. The average molecular weight is 777 g/mol. The lowest BCUT2D eigenvalue weighted by atomic mass is 9.63. The number of carbonyl (C=O) groups is 5. The molecule has 0 unspecified atom stereocenters. The zero-order chi connectivity index (χ0) is 39.9. The fourth-order valence-corrected chi connectivity index (χ4v) is 11.2. The smallest absolute Gasteiger partial charge is 0.323 e. The standard InChI is InChI=1S/C39H60O12Si2/c1-36(2,3)52(11,12)50-25-15-27-29(23-19-38(17-21(23)25,32(41)45-7)33(42)46-8)31(40)30-24-20-39(34(43)47-9,35(44)48-10)18-22(24)26(16-28(30)49-27)51-53(13,14)37(4,5)6/h23-24,27-30H,15-20H2,1-14H3/t23-,24-,27+,28+,29-,30-/m1/s1. The third-order valence-electron chi connectivity index (χ3n) is 13.9. The van der Waals surface area contributed by atoms with E-state index < -0.39 is 87.2 Å². The minimum absolute atomic E-state index is 0.00104. The first kappa shape index (κ1) is 41.2. The lowest BCUT2D eigenvalue weighted by molar-refractivity contribution is -0.177. The Morgan fingerprint density at radius 3 is 1.17 bits per heavy atom. The lowest BCUT2D eigenvalue weighted by Crippen LogP contribution is -2.57. The van der Waals surface area contributed by atoms with Gasteiger partial charge in [-0.3, -0.25) is 24.0 Å². The second kappa shape index (κ2) is 13.6. The van der Waals surface area contributed by atoms with Gasteiger partial charge in [0.05, 0.1) is 64.0 Å². The maximum absolute atomic E-state index is 15.3. The quantitative estimate of drug-likeness (QED) is 0.116. The average Bonchev–Trinajstić information content (AvgIpc) is 3.68. The Morgan fingerprint density at radius 1 is 0.604 bits per heavy atom. The molecule has 0 N–H and O–H groups in total. The summed E-state index contributed by atoms with van der Waals surface area (Å²) >= 11 is 0. The summed E-state index contributed by atoms with van der Waals surface area (Å²) in [5.41, 5.74) is -1.81. The molecule has 53 heavy (non-hydrogen) atoms. The van der Waals surface area contributed by atoms with Gasteiger partial charge in [0.2, 0.25) is 16.6 Å². The van der Waals surface area contributed by atoms with E-state index in [4.69, 9.17) is 32.5 Å². The van der Waals surface area contributed by atoms with E-state index in [1.54, 1.807) is 0 Å². The molecule has 296 valence electrons. The summed E-state index contributed by atoms with van der Waals surface area (Å²) in [7, 11) is 0.0979. The number of allylic oxidation sites excluding steroid dienone is 2. The highest BCUT2D eigenvalue weighted by Gasteiger charge is 2.67. The van der Waals surface area contributed by atoms with Crippen molar-refractivity contribution in [2.45, 2.75) is 129 Å². The van der Waals surface area contributed by atoms with Gasteiger partial charge in [0.1, 0.15) is 5.78 Å². The van der Waals surface area contributed by atoms with Crippen LogP contribution in [0.15, 0.2) is 22.7 Å². The van der Waals surface area contributed by atoms with Crippen molar-refractivity contribution in [2.24, 2.45) is 34.5 Å². The van der Waals surface area contributed by atoms with Gasteiger partial charge in [-0.25, -0.2) is 0 Å². The predicted molar refractivity (Wildman–Crippen MR) is 199 cm³/mol. The van der Waals surface area contributed by atoms with Gasteiger partial charge in [-0.15, -0.1) is 0 Å². The van der Waals surface area contributed by atoms with E-state index in [-0.39, 0.29) is 41.5 Å². The van der Waals surface area contributed by atoms with Gasteiger partial charge < -0.3 is 32.5 Å². The molecule has 14 heteroatoms. The van der Waals surface area contributed by atoms with Crippen LogP contribution in [0.25, 0.3) is 0 Å². The summed E-state index contributed by atoms with van der Waals surface area (Å²) in [6, 6.07) is 0. The first-order valence-electron chi connectivity index (χ1n) is 18.7. The Balaban J connectivity index is 1.66. The van der Waals surface area contributed by atoms with Crippen LogP contribution in [-0.2, 0) is 56.5 Å². The molecule has 0 aromatic heterocycles. The number of Topliss-reactive ketones (excluding diaryl/α,β-unsaturated/α-hetero) is 1. The largest absolute Gasteiger partial charge is 0.546 e. The molecule has 2 saturated carbocycles. The van der Waals surface area contributed by atoms with Crippen LogP contribution in [0.2, 0.25) is 36.3 Å². The van der Waals surface area contributed by atoms with E-state index in [1.165, 1.54) is 28.4 Å². The number of hydrogen-bond acceptors (Lipinski definition) is 12. The summed E-state index contributed by atoms with van der Waals surface area (Å²) in [5.74, 6) is -4.18. The highest BCUT2D eigenvalue weighted by Crippen LogP contribution is 2.62. The van der Waals surface area contributed by atoms with Crippen LogP contribution in [0.3, 0.4) is 0 Å². The Bertz CT molecular complexity index is 1480. The van der Waals surface area contributed by atoms with Crippen molar-refractivity contribution in [2.75, 3.05) is 28.4 Å². The van der Waals surface area contributed by atoms with Gasteiger partial charge in [0, 0.05) is 12.8 Å². The molecule has 5 aliphatic rings. The van der Waals surface area contributed by atoms with Gasteiger partial charge in [0.25, 0.3) is 0 Å². The number of esters is 4. The molecule has 0 aromatic carbocycles. The minimum Gasteiger partial charge on any atom is -0.546 e. The molecule has 0 bridgehead atoms. The third-order valence-corrected chi connectivity index (χ3v) is 22.6. The minimum atomic E-state index is -2.44. The molecular formula is C39H60O12Si2. The maximum atomic E-state index is 15.3. The number of rotatable bonds is 8. The van der Waals surface area contributed by atoms with Crippen LogP contribution in [0.1, 0.15) is 80.1 Å². The molecule has 4 aliphatic carbocycles. The summed E-state index contributed by atoms with van der Waals surface area (Å²) < 4.78 is 41.9. The summed E-state index contributed by atoms with van der Waals surface area (Å²) in [6.07, 6.45) is -0.592. The maximum Gasteiger partial charge on any atom is 0.323 e. The molecule has 0 radical (unpaired) electrons. The summed E-state index contributed by atoms with van der Waals surface area (Å²) in [6.45, 7) is 21.4. The van der Waals surface area contributed by atoms with Gasteiger partial charge >= 0.3 is 23.9 Å². The zero-order valence-electron chi connectivity index (χ0n) is 34.1. The molecule has 6 atom stereocenters. The molecule has 0 spiro atoms. The van der Waals surface area contributed by atoms with Crippen LogP contribution in [-0.4, -0.2) is 86.9 Å². The second-order valence-corrected chi connectivity index (χ2v) is 28.3. The van der Waals surface area contributed by atoms with E-state index in [0.29, 0.717) is 24.4 Å². The van der Waals surface area contributed by atoms with Gasteiger partial charge in [-0.2, -0.15) is 0 Å². The van der Waals surface area contributed by atoms with Crippen molar-refractivity contribution in [1.29, 1.82) is 0 Å². The fraction of sp³-hybridized carbons (Fsp3) is 0.769. The van der Waals surface area contributed by atoms with E-state index >= 15 is 4.79 Å². The van der Waals surface area contributed by atoms with Crippen molar-refractivity contribution in [3.05, 3.63) is 22.7 Å². The van der Waals surface area contributed by atoms with Crippen molar-refractivity contribution in [3.8, 4) is 0 Å². The van der Waals surface area contributed by atoms with E-state index in [9.17, 15) is 19.2 Å². The predicted octanol–water partition coefficient (Wildman–Crippen LogP) is 6.40. The van der Waals surface area contributed by atoms with Crippen LogP contribution in [0.5, 0.6) is 0 Å². The topological polar surface area (TPSA) is 150 Å². The van der Waals surface area contributed by atoms with Gasteiger partial charge in [0.15, 0.2) is 10.8 Å². The van der Waals surface area contributed by atoms with Crippen molar-refractivity contribution < 1.29 is 56.5 Å². The van der Waals surface area contributed by atoms with Crippen LogP contribution in [0, 0.1) is 34.5 Å². The van der Waals surface area contributed by atoms with Crippen LogP contribution < -0.4 is 0 Å². The molecule has 12 nitrogen and oxygen atoms in total. The number of ketones is 1. The number of hydrogen-bond donors (Lipinski definition) is 0. The highest BCUT2D eigenvalue weighted by molar-refractivity contribution is 6.74. The first-order valence-corrected chi connectivity index (χ1v) is 24.5. The SMILES string of the molecule is COC(=O)C1(C(=O)OC)CC2=C(O[Si](C)(C)C(C)(C)C)C[C@@H]3O[C@H]4CC(O[Si](C)(C)C(C)(C)C)=C5CC(C(=O)OC)(C(=O)OC)C[C@H]5[C@H]4C(=O)[C@@H]3[C@@H]2C1. The van der Waals surface area contributed by atoms with E-state index in [1.807, 2.05) is 0 Å². The third kappa shape index (κ3) is 6.51. The molecular weight excluding hydrogens is 717 g/mol. The Hall–Kier alpha value is -2.98. The number of ether oxygens (including phenoxy) is 5. The number of carbonyl (C=O) groups excluding carboxylic acids is 5. The number of fused-ring (bicyclic) bond motifs is 6. The summed E-state index contributed by atoms with van der Waals surface area (Å²) in [5, 5.41) is -0.313. The van der Waals surface area contributed by atoms with Crippen molar-refractivity contribution in [3.63, 3.8) is 0 Å². The van der Waals surface area contributed by atoms with Crippen LogP contribution in [0.4, 0.5) is 0 Å². The first-order chi connectivity index (χ1) is 24.4. The zero-order valence-corrected chi connectivity index (χ0v) is 36.1. The molecule has 0 amide bonds.